The number of rotatable bonds is 4. The molecule has 0 radical (unpaired) electrons. The Morgan fingerprint density at radius 1 is 1.40 bits per heavy atom. The number of carbonyl (C=O) groups excluding carboxylic acids is 1. The van der Waals surface area contributed by atoms with Crippen LogP contribution in [0.4, 0.5) is 0 Å². The van der Waals surface area contributed by atoms with Gasteiger partial charge >= 0.3 is 0 Å². The van der Waals surface area contributed by atoms with E-state index < -0.39 is 0 Å². The number of carbonyl (C=O) groups is 1. The minimum absolute atomic E-state index is 0.0510. The van der Waals surface area contributed by atoms with Gasteiger partial charge in [-0.15, -0.1) is 0 Å². The third-order valence-electron chi connectivity index (χ3n) is 3.82. The van der Waals surface area contributed by atoms with Crippen molar-refractivity contribution in [1.29, 1.82) is 0 Å². The number of ether oxygens (including phenoxy) is 2. The molecule has 1 N–H and O–H groups in total. The van der Waals surface area contributed by atoms with Crippen LogP contribution in [-0.4, -0.2) is 43.2 Å². The van der Waals surface area contributed by atoms with Gasteiger partial charge in [-0.1, -0.05) is 12.1 Å². The third kappa shape index (κ3) is 2.51. The Bertz CT molecular complexity index is 469. The molecule has 5 nitrogen and oxygen atoms in total. The normalized spacial score (nSPS) is 26.2. The fourth-order valence-corrected chi connectivity index (χ4v) is 2.86. The first-order chi connectivity index (χ1) is 9.79. The maximum absolute atomic E-state index is 12.1. The fraction of sp³-hybridized carbons (Fsp3) is 0.533. The fourth-order valence-electron chi connectivity index (χ4n) is 2.86. The van der Waals surface area contributed by atoms with Crippen molar-refractivity contribution in [1.82, 2.24) is 10.2 Å². The van der Waals surface area contributed by atoms with Crippen LogP contribution < -0.4 is 10.1 Å². The average Bonchev–Trinajstić information content (AvgIpc) is 3.09. The number of benzene rings is 1. The summed E-state index contributed by atoms with van der Waals surface area (Å²) in [6.45, 7) is 4.40. The van der Waals surface area contributed by atoms with Gasteiger partial charge in [0.05, 0.1) is 25.8 Å². The van der Waals surface area contributed by atoms with Crippen LogP contribution in [0, 0.1) is 0 Å². The smallest absolute Gasteiger partial charge is 0.238 e. The summed E-state index contributed by atoms with van der Waals surface area (Å²) in [6, 6.07) is 8.13. The molecular formula is C15H20N2O3. The third-order valence-corrected chi connectivity index (χ3v) is 3.82. The lowest BCUT2D eigenvalue weighted by molar-refractivity contribution is -0.130. The highest BCUT2D eigenvalue weighted by atomic mass is 16.5. The van der Waals surface area contributed by atoms with Crippen LogP contribution in [-0.2, 0) is 9.53 Å². The Morgan fingerprint density at radius 2 is 2.20 bits per heavy atom. The van der Waals surface area contributed by atoms with Gasteiger partial charge in [-0.2, -0.15) is 0 Å². The molecular weight excluding hydrogens is 256 g/mol. The van der Waals surface area contributed by atoms with Gasteiger partial charge in [-0.3, -0.25) is 10.1 Å². The molecule has 2 aliphatic rings. The molecule has 0 spiro atoms. The summed E-state index contributed by atoms with van der Waals surface area (Å²) < 4.78 is 10.9. The molecule has 2 fully saturated rings. The zero-order valence-electron chi connectivity index (χ0n) is 11.7. The minimum Gasteiger partial charge on any atom is -0.494 e. The van der Waals surface area contributed by atoms with E-state index in [0.29, 0.717) is 19.8 Å². The topological polar surface area (TPSA) is 50.8 Å². The Hall–Kier alpha value is -1.59. The number of nitrogens with one attached hydrogen (secondary N) is 1. The molecule has 2 heterocycles. The van der Waals surface area contributed by atoms with Crippen molar-refractivity contribution in [3.05, 3.63) is 29.8 Å². The summed E-state index contributed by atoms with van der Waals surface area (Å²) in [4.78, 5) is 14.0. The highest BCUT2D eigenvalue weighted by Crippen LogP contribution is 2.29. The molecule has 2 unspecified atom stereocenters. The maximum atomic E-state index is 12.1. The van der Waals surface area contributed by atoms with E-state index in [9.17, 15) is 4.79 Å². The molecule has 108 valence electrons. The van der Waals surface area contributed by atoms with Crippen LogP contribution >= 0.6 is 0 Å². The monoisotopic (exact) mass is 276 g/mol. The van der Waals surface area contributed by atoms with E-state index in [-0.39, 0.29) is 18.1 Å². The van der Waals surface area contributed by atoms with Crippen molar-refractivity contribution in [3.8, 4) is 5.75 Å². The summed E-state index contributed by atoms with van der Waals surface area (Å²) in [5, 5.41) is 3.28. The van der Waals surface area contributed by atoms with E-state index in [0.717, 1.165) is 24.3 Å². The van der Waals surface area contributed by atoms with E-state index >= 15 is 0 Å². The largest absolute Gasteiger partial charge is 0.494 e. The first-order valence-corrected chi connectivity index (χ1v) is 7.14. The van der Waals surface area contributed by atoms with Crippen LogP contribution in [0.1, 0.15) is 25.1 Å². The number of hydrogen-bond donors (Lipinski definition) is 1. The molecule has 20 heavy (non-hydrogen) atoms. The van der Waals surface area contributed by atoms with Crippen LogP contribution in [0.25, 0.3) is 0 Å². The van der Waals surface area contributed by atoms with Crippen molar-refractivity contribution in [2.75, 3.05) is 26.4 Å². The molecule has 1 amide bonds. The summed E-state index contributed by atoms with van der Waals surface area (Å²) in [7, 11) is 0. The highest BCUT2D eigenvalue weighted by molar-refractivity contribution is 5.81. The number of nitrogens with zero attached hydrogens (tertiary/aromatic N) is 1. The zero-order chi connectivity index (χ0) is 13.9. The molecule has 0 saturated carbocycles. The van der Waals surface area contributed by atoms with Gasteiger partial charge in [0.25, 0.3) is 0 Å². The molecule has 5 heteroatoms. The number of hydrogen-bond acceptors (Lipinski definition) is 4. The van der Waals surface area contributed by atoms with Gasteiger partial charge in [-0.25, -0.2) is 0 Å². The Balaban J connectivity index is 1.78. The van der Waals surface area contributed by atoms with Crippen LogP contribution in [0.15, 0.2) is 24.3 Å². The summed E-state index contributed by atoms with van der Waals surface area (Å²) >= 11 is 0. The quantitative estimate of drug-likeness (QED) is 0.900. The van der Waals surface area contributed by atoms with Gasteiger partial charge in [0.2, 0.25) is 5.91 Å². The average molecular weight is 276 g/mol. The first kappa shape index (κ1) is 13.4. The van der Waals surface area contributed by atoms with Crippen molar-refractivity contribution in [2.24, 2.45) is 0 Å². The van der Waals surface area contributed by atoms with Crippen molar-refractivity contribution < 1.29 is 14.3 Å². The summed E-state index contributed by atoms with van der Waals surface area (Å²) in [6.07, 6.45) is 0.867. The zero-order valence-corrected chi connectivity index (χ0v) is 11.7. The van der Waals surface area contributed by atoms with Crippen LogP contribution in [0.5, 0.6) is 5.75 Å². The van der Waals surface area contributed by atoms with Crippen molar-refractivity contribution in [2.45, 2.75) is 25.6 Å². The molecule has 2 aliphatic heterocycles. The second kappa shape index (κ2) is 5.81. The lowest BCUT2D eigenvalue weighted by atomic mass is 10.1. The van der Waals surface area contributed by atoms with Gasteiger partial charge in [0, 0.05) is 6.61 Å². The minimum atomic E-state index is -0.0510. The Morgan fingerprint density at radius 3 is 2.85 bits per heavy atom. The standard InChI is InChI=1S/C15H20N2O3/c1-2-20-13-5-3-11(4-6-13)15-16-9-14(18)17(15)12-7-8-19-10-12/h3-6,12,15-16H,2,7-10H2,1H3. The molecule has 1 aromatic carbocycles. The van der Waals surface area contributed by atoms with E-state index in [2.05, 4.69) is 5.32 Å². The van der Waals surface area contributed by atoms with Crippen LogP contribution in [0.3, 0.4) is 0 Å². The van der Waals surface area contributed by atoms with E-state index in [1.54, 1.807) is 0 Å². The lowest BCUT2D eigenvalue weighted by Gasteiger charge is -2.29. The first-order valence-electron chi connectivity index (χ1n) is 7.14. The predicted octanol–water partition coefficient (Wildman–Crippen LogP) is 1.30. The van der Waals surface area contributed by atoms with Crippen LogP contribution in [0.2, 0.25) is 0 Å². The van der Waals surface area contributed by atoms with Crippen molar-refractivity contribution in [3.63, 3.8) is 0 Å². The van der Waals surface area contributed by atoms with Gasteiger partial charge in [0.1, 0.15) is 11.9 Å². The maximum Gasteiger partial charge on any atom is 0.238 e. The molecule has 0 bridgehead atoms. The highest BCUT2D eigenvalue weighted by Gasteiger charge is 2.38. The molecule has 0 aliphatic carbocycles. The van der Waals surface area contributed by atoms with E-state index in [4.69, 9.17) is 9.47 Å². The Labute approximate surface area is 118 Å². The number of amides is 1. The molecule has 1 aromatic rings. The van der Waals surface area contributed by atoms with Gasteiger partial charge < -0.3 is 14.4 Å². The molecule has 2 atom stereocenters. The predicted molar refractivity (Wildman–Crippen MR) is 74.4 cm³/mol. The van der Waals surface area contributed by atoms with Gasteiger partial charge in [-0.05, 0) is 31.0 Å². The van der Waals surface area contributed by atoms with E-state index in [1.165, 1.54) is 0 Å². The summed E-state index contributed by atoms with van der Waals surface area (Å²) in [5.41, 5.74) is 1.09. The lowest BCUT2D eigenvalue weighted by Crippen LogP contribution is -2.40. The molecule has 3 rings (SSSR count). The second-order valence-corrected chi connectivity index (χ2v) is 5.10. The summed E-state index contributed by atoms with van der Waals surface area (Å²) in [5.74, 6) is 1.01. The van der Waals surface area contributed by atoms with E-state index in [1.807, 2.05) is 36.1 Å². The molecule has 2 saturated heterocycles. The SMILES string of the molecule is CCOc1ccc(C2NCC(=O)N2C2CCOC2)cc1. The van der Waals surface area contributed by atoms with Crippen molar-refractivity contribution >= 4 is 5.91 Å². The Kier molecular flexibility index (Phi) is 3.89. The van der Waals surface area contributed by atoms with Gasteiger partial charge in [0.15, 0.2) is 0 Å². The molecule has 0 aromatic heterocycles. The second-order valence-electron chi connectivity index (χ2n) is 5.10.